The minimum Gasteiger partial charge on any atom is -0.388 e. The van der Waals surface area contributed by atoms with Crippen molar-refractivity contribution in [1.82, 2.24) is 4.90 Å². The maximum Gasteiger partial charge on any atom is 0.401 e. The molecule has 6 heteroatoms. The summed E-state index contributed by atoms with van der Waals surface area (Å²) in [5.41, 5.74) is 0.396. The van der Waals surface area contributed by atoms with Gasteiger partial charge in [0.25, 0.3) is 0 Å². The molecule has 1 unspecified atom stereocenters. The number of halogens is 4. The van der Waals surface area contributed by atoms with E-state index in [1.54, 1.807) is 6.07 Å². The summed E-state index contributed by atoms with van der Waals surface area (Å²) in [5.74, 6) is -0.462. The van der Waals surface area contributed by atoms with Crippen molar-refractivity contribution in [2.24, 2.45) is 0 Å². The fourth-order valence-corrected chi connectivity index (χ4v) is 2.23. The van der Waals surface area contributed by atoms with Crippen LogP contribution in [0.15, 0.2) is 24.3 Å². The molecule has 1 saturated carbocycles. The molecule has 0 spiro atoms. The molecule has 112 valence electrons. The van der Waals surface area contributed by atoms with Gasteiger partial charge in [0.05, 0.1) is 12.6 Å². The lowest BCUT2D eigenvalue weighted by atomic mass is 10.1. The predicted molar refractivity (Wildman–Crippen MR) is 66.6 cm³/mol. The van der Waals surface area contributed by atoms with Crippen LogP contribution in [-0.4, -0.2) is 35.3 Å². The Kier molecular flexibility index (Phi) is 4.65. The average Bonchev–Trinajstić information content (AvgIpc) is 3.17. The van der Waals surface area contributed by atoms with Gasteiger partial charge in [0.1, 0.15) is 5.82 Å². The van der Waals surface area contributed by atoms with Crippen molar-refractivity contribution in [2.75, 3.05) is 13.1 Å². The van der Waals surface area contributed by atoms with Crippen LogP contribution in [-0.2, 0) is 0 Å². The fraction of sp³-hybridized carbons (Fsp3) is 0.571. The van der Waals surface area contributed by atoms with Gasteiger partial charge in [-0.25, -0.2) is 4.39 Å². The maximum absolute atomic E-state index is 13.0. The third kappa shape index (κ3) is 4.76. The molecule has 1 aliphatic rings. The van der Waals surface area contributed by atoms with E-state index in [4.69, 9.17) is 0 Å². The van der Waals surface area contributed by atoms with Crippen LogP contribution in [0.25, 0.3) is 0 Å². The summed E-state index contributed by atoms with van der Waals surface area (Å²) in [4.78, 5) is 1.35. The van der Waals surface area contributed by atoms with E-state index in [2.05, 4.69) is 0 Å². The number of benzene rings is 1. The summed E-state index contributed by atoms with van der Waals surface area (Å²) < 4.78 is 50.3. The van der Waals surface area contributed by atoms with Gasteiger partial charge in [-0.2, -0.15) is 13.2 Å². The second-order valence-corrected chi connectivity index (χ2v) is 5.18. The smallest absolute Gasteiger partial charge is 0.388 e. The van der Waals surface area contributed by atoms with Crippen LogP contribution in [0.1, 0.15) is 30.9 Å². The van der Waals surface area contributed by atoms with Crippen LogP contribution in [0.2, 0.25) is 0 Å². The minimum atomic E-state index is -4.23. The summed E-state index contributed by atoms with van der Waals surface area (Å²) in [7, 11) is 0. The van der Waals surface area contributed by atoms with E-state index in [-0.39, 0.29) is 19.0 Å². The van der Waals surface area contributed by atoms with Crippen LogP contribution in [0.5, 0.6) is 0 Å². The Bertz CT molecular complexity index is 445. The first kappa shape index (κ1) is 15.3. The monoisotopic (exact) mass is 291 g/mol. The van der Waals surface area contributed by atoms with Gasteiger partial charge in [-0.05, 0) is 37.0 Å². The summed E-state index contributed by atoms with van der Waals surface area (Å²) in [6, 6.07) is 5.48. The highest BCUT2D eigenvalue weighted by atomic mass is 19.4. The predicted octanol–water partition coefficient (Wildman–Crippen LogP) is 3.28. The largest absolute Gasteiger partial charge is 0.401 e. The number of hydrogen-bond acceptors (Lipinski definition) is 2. The Labute approximate surface area is 115 Å². The molecule has 1 aliphatic carbocycles. The number of alkyl halides is 3. The highest BCUT2D eigenvalue weighted by Gasteiger charge is 2.37. The highest BCUT2D eigenvalue weighted by molar-refractivity contribution is 5.18. The maximum atomic E-state index is 13.0. The SMILES string of the molecule is OC(CCN(CC(F)(F)F)C1CC1)c1cccc(F)c1. The molecule has 2 rings (SSSR count). The van der Waals surface area contributed by atoms with Crippen molar-refractivity contribution < 1.29 is 22.7 Å². The van der Waals surface area contributed by atoms with Crippen LogP contribution in [0, 0.1) is 5.82 Å². The van der Waals surface area contributed by atoms with E-state index in [0.717, 1.165) is 12.8 Å². The van der Waals surface area contributed by atoms with E-state index < -0.39 is 24.6 Å². The summed E-state index contributed by atoms with van der Waals surface area (Å²) in [6.45, 7) is -0.796. The number of hydrogen-bond donors (Lipinski definition) is 1. The van der Waals surface area contributed by atoms with Gasteiger partial charge < -0.3 is 5.11 Å². The standard InChI is InChI=1S/C14H17F4NO/c15-11-3-1-2-10(8-11)13(20)6-7-19(12-4-5-12)9-14(16,17)18/h1-3,8,12-13,20H,4-7,9H2. The highest BCUT2D eigenvalue weighted by Crippen LogP contribution is 2.31. The Morgan fingerprint density at radius 2 is 2.00 bits per heavy atom. The first-order chi connectivity index (χ1) is 9.35. The van der Waals surface area contributed by atoms with Gasteiger partial charge in [0.15, 0.2) is 0 Å². The molecule has 0 aliphatic heterocycles. The lowest BCUT2D eigenvalue weighted by Gasteiger charge is -2.24. The zero-order chi connectivity index (χ0) is 14.8. The topological polar surface area (TPSA) is 23.5 Å². The first-order valence-corrected chi connectivity index (χ1v) is 6.59. The molecule has 2 nitrogen and oxygen atoms in total. The molecule has 1 aromatic carbocycles. The van der Waals surface area contributed by atoms with Crippen molar-refractivity contribution in [3.63, 3.8) is 0 Å². The summed E-state index contributed by atoms with van der Waals surface area (Å²) in [6.07, 6.45) is -3.47. The summed E-state index contributed by atoms with van der Waals surface area (Å²) in [5, 5.41) is 9.92. The average molecular weight is 291 g/mol. The Balaban J connectivity index is 1.89. The van der Waals surface area contributed by atoms with Crippen LogP contribution in [0.3, 0.4) is 0 Å². The van der Waals surface area contributed by atoms with E-state index in [9.17, 15) is 22.7 Å². The van der Waals surface area contributed by atoms with E-state index in [1.807, 2.05) is 0 Å². The second-order valence-electron chi connectivity index (χ2n) is 5.18. The molecule has 1 aromatic rings. The minimum absolute atomic E-state index is 0.0312. The number of nitrogens with zero attached hydrogens (tertiary/aromatic N) is 1. The van der Waals surface area contributed by atoms with Crippen molar-refractivity contribution >= 4 is 0 Å². The van der Waals surface area contributed by atoms with Crippen molar-refractivity contribution in [3.8, 4) is 0 Å². The van der Waals surface area contributed by atoms with Gasteiger partial charge >= 0.3 is 6.18 Å². The van der Waals surface area contributed by atoms with Crippen molar-refractivity contribution in [3.05, 3.63) is 35.6 Å². The zero-order valence-corrected chi connectivity index (χ0v) is 10.9. The Morgan fingerprint density at radius 1 is 1.30 bits per heavy atom. The molecule has 0 saturated heterocycles. The zero-order valence-electron chi connectivity index (χ0n) is 10.9. The molecular formula is C14H17F4NO. The molecule has 0 aromatic heterocycles. The van der Waals surface area contributed by atoms with Crippen molar-refractivity contribution in [1.29, 1.82) is 0 Å². The van der Waals surface area contributed by atoms with E-state index in [1.165, 1.54) is 23.1 Å². The summed E-state index contributed by atoms with van der Waals surface area (Å²) >= 11 is 0. The fourth-order valence-electron chi connectivity index (χ4n) is 2.23. The molecule has 0 radical (unpaired) electrons. The van der Waals surface area contributed by atoms with Crippen molar-refractivity contribution in [2.45, 2.75) is 37.6 Å². The molecule has 1 N–H and O–H groups in total. The Hall–Kier alpha value is -1.14. The lowest BCUT2D eigenvalue weighted by molar-refractivity contribution is -0.147. The molecule has 20 heavy (non-hydrogen) atoms. The van der Waals surface area contributed by atoms with Crippen LogP contribution >= 0.6 is 0 Å². The molecule has 1 fully saturated rings. The molecule has 0 bridgehead atoms. The number of rotatable bonds is 6. The number of aliphatic hydroxyl groups excluding tert-OH is 1. The molecule has 0 heterocycles. The van der Waals surface area contributed by atoms with Gasteiger partial charge in [0, 0.05) is 12.6 Å². The molecule has 1 atom stereocenters. The van der Waals surface area contributed by atoms with Gasteiger partial charge in [-0.3, -0.25) is 4.90 Å². The lowest BCUT2D eigenvalue weighted by Crippen LogP contribution is -2.37. The number of aliphatic hydroxyl groups is 1. The second kappa shape index (κ2) is 6.10. The quantitative estimate of drug-likeness (QED) is 0.813. The normalized spacial score (nSPS) is 17.5. The first-order valence-electron chi connectivity index (χ1n) is 6.59. The van der Waals surface area contributed by atoms with Crippen LogP contribution < -0.4 is 0 Å². The van der Waals surface area contributed by atoms with E-state index in [0.29, 0.717) is 5.56 Å². The van der Waals surface area contributed by atoms with E-state index >= 15 is 0 Å². The third-order valence-electron chi connectivity index (χ3n) is 3.37. The van der Waals surface area contributed by atoms with Crippen LogP contribution in [0.4, 0.5) is 17.6 Å². The third-order valence-corrected chi connectivity index (χ3v) is 3.37. The van der Waals surface area contributed by atoms with Gasteiger partial charge in [-0.1, -0.05) is 12.1 Å². The van der Waals surface area contributed by atoms with Gasteiger partial charge in [0.2, 0.25) is 0 Å². The Morgan fingerprint density at radius 3 is 2.55 bits per heavy atom. The van der Waals surface area contributed by atoms with Gasteiger partial charge in [-0.15, -0.1) is 0 Å². The molecule has 0 amide bonds. The molecular weight excluding hydrogens is 274 g/mol.